The summed E-state index contributed by atoms with van der Waals surface area (Å²) in [6.07, 6.45) is 9.45. The average Bonchev–Trinajstić information content (AvgIpc) is 2.43. The molecule has 4 rings (SSSR count). The van der Waals surface area contributed by atoms with Gasteiger partial charge in [0.1, 0.15) is 0 Å². The van der Waals surface area contributed by atoms with Gasteiger partial charge in [0.2, 0.25) is 0 Å². The summed E-state index contributed by atoms with van der Waals surface area (Å²) in [7, 11) is 0.672. The maximum absolute atomic E-state index is 12.2. The first kappa shape index (κ1) is 19.2. The summed E-state index contributed by atoms with van der Waals surface area (Å²) < 4.78 is 5.44. The van der Waals surface area contributed by atoms with E-state index in [2.05, 4.69) is 19.6 Å². The number of carbonyl (C=O) groups excluding carboxylic acids is 1. The fourth-order valence-corrected chi connectivity index (χ4v) is 6.86. The Morgan fingerprint density at radius 2 is 1.68 bits per heavy atom. The number of carbonyl (C=O) groups is 1. The van der Waals surface area contributed by atoms with Crippen molar-refractivity contribution in [3.8, 4) is 0 Å². The number of amides is 1. The van der Waals surface area contributed by atoms with E-state index < -0.39 is 8.07 Å². The minimum absolute atomic E-state index is 0.0748. The molecule has 0 heterocycles. The third-order valence-electron chi connectivity index (χ3n) is 6.76. The van der Waals surface area contributed by atoms with Crippen LogP contribution in [0.25, 0.3) is 0 Å². The second kappa shape index (κ2) is 7.22. The highest BCUT2D eigenvalue weighted by atomic mass is 28.3. The highest BCUT2D eigenvalue weighted by molar-refractivity contribution is 6.76. The summed E-state index contributed by atoms with van der Waals surface area (Å²) in [5, 5.41) is 0. The molecule has 4 aliphatic rings. The average molecular weight is 367 g/mol. The Kier molecular flexibility index (Phi) is 5.55. The smallest absolute Gasteiger partial charge is 0.409 e. The van der Waals surface area contributed by atoms with Gasteiger partial charge in [-0.25, -0.2) is 4.79 Å². The SMILES string of the molecule is CN(CC(N)CC12CC3CC(CC(C3)C1)C2)C(=O)OCC[Si](C)(C)C. The number of likely N-dealkylation sites (N-methyl/N-ethyl adjacent to an activating group) is 1. The zero-order valence-electron chi connectivity index (χ0n) is 16.7. The number of nitrogens with two attached hydrogens (primary N) is 1. The Morgan fingerprint density at radius 1 is 1.16 bits per heavy atom. The molecule has 4 saturated carbocycles. The van der Waals surface area contributed by atoms with E-state index in [0.29, 0.717) is 18.6 Å². The topological polar surface area (TPSA) is 55.6 Å². The third-order valence-corrected chi connectivity index (χ3v) is 8.46. The number of hydrogen-bond donors (Lipinski definition) is 1. The molecule has 0 aliphatic heterocycles. The van der Waals surface area contributed by atoms with E-state index in [1.807, 2.05) is 7.05 Å². The van der Waals surface area contributed by atoms with Crippen LogP contribution in [-0.2, 0) is 4.74 Å². The molecule has 0 aromatic rings. The third kappa shape index (κ3) is 5.00. The Bertz CT molecular complexity index is 453. The van der Waals surface area contributed by atoms with Crippen LogP contribution in [0.5, 0.6) is 0 Å². The van der Waals surface area contributed by atoms with Crippen LogP contribution in [0.1, 0.15) is 44.9 Å². The van der Waals surface area contributed by atoms with Gasteiger partial charge in [0, 0.05) is 27.7 Å². The molecule has 144 valence electrons. The molecule has 1 amide bonds. The normalized spacial score (nSPS) is 34.8. The van der Waals surface area contributed by atoms with E-state index in [1.54, 1.807) is 4.90 Å². The molecule has 4 aliphatic carbocycles. The molecule has 0 radical (unpaired) electrons. The standard InChI is InChI=1S/C20H38N2O2Si/c1-22(19(23)24-5-6-25(2,3)4)14-18(21)13-20-10-15-7-16(11-20)9-17(8-15)12-20/h15-18H,5-14,21H2,1-4H3. The van der Waals surface area contributed by atoms with E-state index in [-0.39, 0.29) is 12.1 Å². The maximum atomic E-state index is 12.2. The Balaban J connectivity index is 1.44. The van der Waals surface area contributed by atoms with Crippen LogP contribution in [0, 0.1) is 23.2 Å². The summed E-state index contributed by atoms with van der Waals surface area (Å²) in [4.78, 5) is 13.9. The lowest BCUT2D eigenvalue weighted by Gasteiger charge is -2.57. The van der Waals surface area contributed by atoms with Crippen LogP contribution >= 0.6 is 0 Å². The molecule has 1 atom stereocenters. The fraction of sp³-hybridized carbons (Fsp3) is 0.950. The molecule has 0 saturated heterocycles. The molecular formula is C20H38N2O2Si. The number of ether oxygens (including phenoxy) is 1. The van der Waals surface area contributed by atoms with Crippen molar-refractivity contribution in [1.82, 2.24) is 4.90 Å². The fourth-order valence-electron chi connectivity index (χ4n) is 6.14. The van der Waals surface area contributed by atoms with E-state index in [0.717, 1.165) is 30.2 Å². The molecule has 25 heavy (non-hydrogen) atoms. The summed E-state index contributed by atoms with van der Waals surface area (Å²) in [5.41, 5.74) is 6.97. The first-order valence-corrected chi connectivity index (χ1v) is 14.0. The van der Waals surface area contributed by atoms with Crippen molar-refractivity contribution >= 4 is 14.2 Å². The van der Waals surface area contributed by atoms with Gasteiger partial charge in [-0.2, -0.15) is 0 Å². The van der Waals surface area contributed by atoms with E-state index >= 15 is 0 Å². The molecule has 2 N–H and O–H groups in total. The van der Waals surface area contributed by atoms with Gasteiger partial charge >= 0.3 is 6.09 Å². The largest absolute Gasteiger partial charge is 0.450 e. The van der Waals surface area contributed by atoms with Crippen LogP contribution in [0.15, 0.2) is 0 Å². The summed E-state index contributed by atoms with van der Waals surface area (Å²) in [5.74, 6) is 2.88. The molecule has 5 heteroatoms. The zero-order valence-corrected chi connectivity index (χ0v) is 17.7. The lowest BCUT2D eigenvalue weighted by atomic mass is 9.48. The van der Waals surface area contributed by atoms with Crippen LogP contribution in [0.4, 0.5) is 4.79 Å². The molecule has 0 aromatic carbocycles. The minimum atomic E-state index is -1.16. The molecule has 4 fully saturated rings. The molecule has 4 bridgehead atoms. The molecule has 0 aromatic heterocycles. The van der Waals surface area contributed by atoms with Crippen molar-refractivity contribution in [1.29, 1.82) is 0 Å². The number of hydrogen-bond acceptors (Lipinski definition) is 3. The van der Waals surface area contributed by atoms with Gasteiger partial charge in [-0.15, -0.1) is 0 Å². The first-order chi connectivity index (χ1) is 11.6. The van der Waals surface area contributed by atoms with Crippen molar-refractivity contribution in [2.75, 3.05) is 20.2 Å². The van der Waals surface area contributed by atoms with E-state index in [4.69, 9.17) is 10.5 Å². The van der Waals surface area contributed by atoms with Crippen molar-refractivity contribution in [3.05, 3.63) is 0 Å². The molecular weight excluding hydrogens is 328 g/mol. The molecule has 0 spiro atoms. The number of nitrogens with zero attached hydrogens (tertiary/aromatic N) is 1. The van der Waals surface area contributed by atoms with E-state index in [9.17, 15) is 4.79 Å². The second-order valence-electron chi connectivity index (χ2n) is 10.7. The van der Waals surface area contributed by atoms with Crippen molar-refractivity contribution in [2.24, 2.45) is 28.9 Å². The van der Waals surface area contributed by atoms with Gasteiger partial charge in [-0.05, 0) is 74.2 Å². The predicted octanol–water partition coefficient (Wildman–Crippen LogP) is 4.33. The highest BCUT2D eigenvalue weighted by Gasteiger charge is 2.51. The summed E-state index contributed by atoms with van der Waals surface area (Å²) in [6, 6.07) is 1.09. The van der Waals surface area contributed by atoms with Crippen LogP contribution in [-0.4, -0.2) is 45.3 Å². The lowest BCUT2D eigenvalue weighted by Crippen LogP contribution is -2.50. The summed E-state index contributed by atoms with van der Waals surface area (Å²) in [6.45, 7) is 8.06. The van der Waals surface area contributed by atoms with Crippen molar-refractivity contribution in [3.63, 3.8) is 0 Å². The molecule has 1 unspecified atom stereocenters. The van der Waals surface area contributed by atoms with Gasteiger partial charge in [0.05, 0.1) is 6.61 Å². The van der Waals surface area contributed by atoms with Gasteiger partial charge in [-0.3, -0.25) is 0 Å². The zero-order chi connectivity index (χ0) is 18.2. The number of rotatable bonds is 7. The Hall–Kier alpha value is -0.553. The van der Waals surface area contributed by atoms with Crippen LogP contribution in [0.2, 0.25) is 25.7 Å². The van der Waals surface area contributed by atoms with Gasteiger partial charge in [-0.1, -0.05) is 19.6 Å². The quantitative estimate of drug-likeness (QED) is 0.682. The predicted molar refractivity (Wildman–Crippen MR) is 105 cm³/mol. The molecule has 4 nitrogen and oxygen atoms in total. The minimum Gasteiger partial charge on any atom is -0.450 e. The van der Waals surface area contributed by atoms with E-state index in [1.165, 1.54) is 38.5 Å². The van der Waals surface area contributed by atoms with Crippen molar-refractivity contribution < 1.29 is 9.53 Å². The first-order valence-electron chi connectivity index (χ1n) is 10.3. The maximum Gasteiger partial charge on any atom is 0.409 e. The van der Waals surface area contributed by atoms with Crippen LogP contribution in [0.3, 0.4) is 0 Å². The Morgan fingerprint density at radius 3 is 2.16 bits per heavy atom. The lowest BCUT2D eigenvalue weighted by molar-refractivity contribution is -0.0611. The van der Waals surface area contributed by atoms with Crippen molar-refractivity contribution in [2.45, 2.75) is 76.7 Å². The summed E-state index contributed by atoms with van der Waals surface area (Å²) >= 11 is 0. The highest BCUT2D eigenvalue weighted by Crippen LogP contribution is 2.61. The van der Waals surface area contributed by atoms with Gasteiger partial charge in [0.25, 0.3) is 0 Å². The monoisotopic (exact) mass is 366 g/mol. The Labute approximate surface area is 154 Å². The van der Waals surface area contributed by atoms with Gasteiger partial charge in [0.15, 0.2) is 0 Å². The second-order valence-corrected chi connectivity index (χ2v) is 16.3. The van der Waals surface area contributed by atoms with Crippen LogP contribution < -0.4 is 5.73 Å². The van der Waals surface area contributed by atoms with Gasteiger partial charge < -0.3 is 15.4 Å².